The first-order valence-electron chi connectivity index (χ1n) is 7.64. The number of hydrogen-bond donors (Lipinski definition) is 3. The summed E-state index contributed by atoms with van der Waals surface area (Å²) in [5, 5.41) is 9.22. The van der Waals surface area contributed by atoms with Crippen LogP contribution in [0.25, 0.3) is 0 Å². The monoisotopic (exact) mass is 345 g/mol. The largest absolute Gasteiger partial charge is 0.376 e. The molecule has 0 unspecified atom stereocenters. The average molecular weight is 346 g/mol. The zero-order valence-electron chi connectivity index (χ0n) is 13.6. The molecule has 2 amide bonds. The average Bonchev–Trinajstić information content (AvgIpc) is 2.55. The second-order valence-electron chi connectivity index (χ2n) is 5.62. The number of rotatable bonds is 6. The molecule has 0 aliphatic heterocycles. The summed E-state index contributed by atoms with van der Waals surface area (Å²) in [5.41, 5.74) is 1.93. The third-order valence-corrected chi connectivity index (χ3v) is 3.38. The quantitative estimate of drug-likeness (QED) is 0.750. The van der Waals surface area contributed by atoms with Gasteiger partial charge in [0.1, 0.15) is 0 Å². The van der Waals surface area contributed by atoms with Crippen LogP contribution < -0.4 is 16.0 Å². The van der Waals surface area contributed by atoms with Gasteiger partial charge in [0.05, 0.1) is 6.54 Å². The Kier molecular flexibility index (Phi) is 6.21. The standard InChI is InChI=1S/C18H20ClN3O2/c1-12(2)21-18(24)13-4-3-5-16(10-13)20-11-17(23)22-15-8-6-14(19)7-9-15/h3-10,12,20H,11H2,1-2H3,(H,21,24)(H,22,23). The normalized spacial score (nSPS) is 10.3. The number of nitrogens with one attached hydrogen (secondary N) is 3. The second kappa shape index (κ2) is 8.36. The molecule has 2 aromatic rings. The molecule has 6 heteroatoms. The van der Waals surface area contributed by atoms with Gasteiger partial charge in [0.2, 0.25) is 5.91 Å². The van der Waals surface area contributed by atoms with E-state index in [1.54, 1.807) is 42.5 Å². The van der Waals surface area contributed by atoms with Crippen LogP contribution in [-0.4, -0.2) is 24.4 Å². The van der Waals surface area contributed by atoms with E-state index in [-0.39, 0.29) is 24.4 Å². The van der Waals surface area contributed by atoms with Crippen molar-refractivity contribution in [3.63, 3.8) is 0 Å². The lowest BCUT2D eigenvalue weighted by Gasteiger charge is -2.11. The van der Waals surface area contributed by atoms with Gasteiger partial charge in [0.25, 0.3) is 5.91 Å². The molecule has 0 radical (unpaired) electrons. The molecule has 0 saturated heterocycles. The molecule has 0 spiro atoms. The maximum Gasteiger partial charge on any atom is 0.251 e. The summed E-state index contributed by atoms with van der Waals surface area (Å²) < 4.78 is 0. The highest BCUT2D eigenvalue weighted by molar-refractivity contribution is 6.30. The molecule has 24 heavy (non-hydrogen) atoms. The first-order valence-corrected chi connectivity index (χ1v) is 8.02. The van der Waals surface area contributed by atoms with Crippen molar-refractivity contribution < 1.29 is 9.59 Å². The van der Waals surface area contributed by atoms with Crippen molar-refractivity contribution in [2.75, 3.05) is 17.2 Å². The van der Waals surface area contributed by atoms with Crippen molar-refractivity contribution >= 4 is 34.8 Å². The minimum atomic E-state index is -0.186. The van der Waals surface area contributed by atoms with Crippen molar-refractivity contribution in [2.24, 2.45) is 0 Å². The van der Waals surface area contributed by atoms with E-state index < -0.39 is 0 Å². The van der Waals surface area contributed by atoms with Gasteiger partial charge in [-0.25, -0.2) is 0 Å². The Bertz CT molecular complexity index is 714. The number of carbonyl (C=O) groups excluding carboxylic acids is 2. The zero-order valence-corrected chi connectivity index (χ0v) is 14.4. The molecule has 0 bridgehead atoms. The van der Waals surface area contributed by atoms with Crippen LogP contribution in [0.3, 0.4) is 0 Å². The van der Waals surface area contributed by atoms with Crippen LogP contribution in [0.15, 0.2) is 48.5 Å². The van der Waals surface area contributed by atoms with E-state index >= 15 is 0 Å². The molecule has 2 rings (SSSR count). The van der Waals surface area contributed by atoms with Crippen molar-refractivity contribution in [2.45, 2.75) is 19.9 Å². The van der Waals surface area contributed by atoms with Gasteiger partial charge in [0, 0.05) is 28.0 Å². The van der Waals surface area contributed by atoms with Crippen LogP contribution in [0.5, 0.6) is 0 Å². The van der Waals surface area contributed by atoms with E-state index in [0.29, 0.717) is 22.0 Å². The molecule has 0 saturated carbocycles. The highest BCUT2D eigenvalue weighted by Crippen LogP contribution is 2.14. The highest BCUT2D eigenvalue weighted by atomic mass is 35.5. The van der Waals surface area contributed by atoms with Gasteiger partial charge in [-0.1, -0.05) is 17.7 Å². The van der Waals surface area contributed by atoms with Crippen molar-refractivity contribution in [3.8, 4) is 0 Å². The fourth-order valence-electron chi connectivity index (χ4n) is 2.04. The summed E-state index contributed by atoms with van der Waals surface area (Å²) in [4.78, 5) is 23.9. The molecular formula is C18H20ClN3O2. The molecule has 5 nitrogen and oxygen atoms in total. The Morgan fingerprint density at radius 3 is 2.42 bits per heavy atom. The lowest BCUT2D eigenvalue weighted by Crippen LogP contribution is -2.30. The summed E-state index contributed by atoms with van der Waals surface area (Å²) in [7, 11) is 0. The van der Waals surface area contributed by atoms with E-state index in [1.807, 2.05) is 19.9 Å². The molecule has 2 aromatic carbocycles. The molecular weight excluding hydrogens is 326 g/mol. The van der Waals surface area contributed by atoms with E-state index in [0.717, 1.165) is 0 Å². The third kappa shape index (κ3) is 5.59. The van der Waals surface area contributed by atoms with Crippen LogP contribution in [-0.2, 0) is 4.79 Å². The highest BCUT2D eigenvalue weighted by Gasteiger charge is 2.08. The Labute approximate surface area is 146 Å². The van der Waals surface area contributed by atoms with Crippen LogP contribution in [0.2, 0.25) is 5.02 Å². The second-order valence-corrected chi connectivity index (χ2v) is 6.05. The summed E-state index contributed by atoms with van der Waals surface area (Å²) in [6, 6.07) is 14.0. The summed E-state index contributed by atoms with van der Waals surface area (Å²) >= 11 is 5.80. The lowest BCUT2D eigenvalue weighted by molar-refractivity contribution is -0.114. The number of benzene rings is 2. The van der Waals surface area contributed by atoms with Gasteiger partial charge >= 0.3 is 0 Å². The van der Waals surface area contributed by atoms with E-state index in [9.17, 15) is 9.59 Å². The molecule has 0 aromatic heterocycles. The van der Waals surface area contributed by atoms with E-state index in [1.165, 1.54) is 0 Å². The molecule has 3 N–H and O–H groups in total. The predicted octanol–water partition coefficient (Wildman–Crippen LogP) is 3.53. The molecule has 0 fully saturated rings. The topological polar surface area (TPSA) is 70.2 Å². The fourth-order valence-corrected chi connectivity index (χ4v) is 2.16. The number of hydrogen-bond acceptors (Lipinski definition) is 3. The van der Waals surface area contributed by atoms with Crippen LogP contribution in [0, 0.1) is 0 Å². The van der Waals surface area contributed by atoms with Gasteiger partial charge in [-0.05, 0) is 56.3 Å². The third-order valence-electron chi connectivity index (χ3n) is 3.13. The number of anilines is 2. The van der Waals surface area contributed by atoms with E-state index in [2.05, 4.69) is 16.0 Å². The molecule has 0 atom stereocenters. The van der Waals surface area contributed by atoms with Crippen LogP contribution in [0.1, 0.15) is 24.2 Å². The summed E-state index contributed by atoms with van der Waals surface area (Å²) in [5.74, 6) is -0.325. The first kappa shape index (κ1) is 17.8. The predicted molar refractivity (Wildman–Crippen MR) is 97.6 cm³/mol. The smallest absolute Gasteiger partial charge is 0.251 e. The van der Waals surface area contributed by atoms with Crippen molar-refractivity contribution in [1.82, 2.24) is 5.32 Å². The van der Waals surface area contributed by atoms with Crippen LogP contribution in [0.4, 0.5) is 11.4 Å². The maximum absolute atomic E-state index is 12.0. The maximum atomic E-state index is 12.0. The van der Waals surface area contributed by atoms with Gasteiger partial charge in [-0.2, -0.15) is 0 Å². The first-order chi connectivity index (χ1) is 11.4. The Balaban J connectivity index is 1.90. The Morgan fingerprint density at radius 2 is 1.75 bits per heavy atom. The fraction of sp³-hybridized carbons (Fsp3) is 0.222. The molecule has 0 heterocycles. The molecule has 0 aliphatic carbocycles. The molecule has 126 valence electrons. The van der Waals surface area contributed by atoms with E-state index in [4.69, 9.17) is 11.6 Å². The summed E-state index contributed by atoms with van der Waals surface area (Å²) in [6.07, 6.45) is 0. The zero-order chi connectivity index (χ0) is 17.5. The molecule has 0 aliphatic rings. The van der Waals surface area contributed by atoms with Crippen molar-refractivity contribution in [1.29, 1.82) is 0 Å². The number of halogens is 1. The lowest BCUT2D eigenvalue weighted by atomic mass is 10.1. The van der Waals surface area contributed by atoms with Crippen LogP contribution >= 0.6 is 11.6 Å². The SMILES string of the molecule is CC(C)NC(=O)c1cccc(NCC(=O)Nc2ccc(Cl)cc2)c1. The van der Waals surface area contributed by atoms with Gasteiger partial charge in [-0.3, -0.25) is 9.59 Å². The van der Waals surface area contributed by atoms with Crippen molar-refractivity contribution in [3.05, 3.63) is 59.1 Å². The van der Waals surface area contributed by atoms with Gasteiger partial charge < -0.3 is 16.0 Å². The number of carbonyl (C=O) groups is 2. The summed E-state index contributed by atoms with van der Waals surface area (Å²) in [6.45, 7) is 3.90. The Hall–Kier alpha value is -2.53. The minimum absolute atomic E-state index is 0.0688. The Morgan fingerprint density at radius 1 is 1.04 bits per heavy atom. The minimum Gasteiger partial charge on any atom is -0.376 e. The number of amides is 2. The van der Waals surface area contributed by atoms with Gasteiger partial charge in [-0.15, -0.1) is 0 Å². The van der Waals surface area contributed by atoms with Gasteiger partial charge in [0.15, 0.2) is 0 Å².